The van der Waals surface area contributed by atoms with Gasteiger partial charge in [-0.25, -0.2) is 0 Å². The third-order valence-electron chi connectivity index (χ3n) is 4.29. The van der Waals surface area contributed by atoms with Gasteiger partial charge in [0.1, 0.15) is 24.7 Å². The van der Waals surface area contributed by atoms with E-state index in [-0.39, 0.29) is 11.8 Å². The molecule has 2 N–H and O–H groups in total. The van der Waals surface area contributed by atoms with Crippen LogP contribution in [0, 0.1) is 0 Å². The van der Waals surface area contributed by atoms with Crippen LogP contribution in [0.4, 0.5) is 5.69 Å². The molecule has 6 nitrogen and oxygen atoms in total. The second kappa shape index (κ2) is 11.2. The summed E-state index contributed by atoms with van der Waals surface area (Å²) in [6.45, 7) is 4.65. The molecule has 0 aliphatic heterocycles. The lowest BCUT2D eigenvalue weighted by Gasteiger charge is -2.12. The topological polar surface area (TPSA) is 76.7 Å². The minimum atomic E-state index is -0.338. The Kier molecular flexibility index (Phi) is 7.83. The summed E-state index contributed by atoms with van der Waals surface area (Å²) in [5.74, 6) is 0.706. The average Bonchev–Trinajstić information content (AvgIpc) is 2.81. The lowest BCUT2D eigenvalue weighted by Crippen LogP contribution is -2.25. The summed E-state index contributed by atoms with van der Waals surface area (Å²) in [5.41, 5.74) is 1.22. The number of carbonyl (C=O) groups is 2. The number of rotatable bonds is 10. The van der Waals surface area contributed by atoms with Crippen molar-refractivity contribution in [2.45, 2.75) is 0 Å². The maximum absolute atomic E-state index is 12.7. The molecule has 158 valence electrons. The number of ether oxygens (including phenoxy) is 2. The van der Waals surface area contributed by atoms with Gasteiger partial charge in [0.25, 0.3) is 11.8 Å². The second-order valence-electron chi connectivity index (χ2n) is 6.54. The van der Waals surface area contributed by atoms with Crippen LogP contribution in [-0.2, 0) is 0 Å². The van der Waals surface area contributed by atoms with Crippen molar-refractivity contribution in [3.63, 3.8) is 0 Å². The van der Waals surface area contributed by atoms with Crippen LogP contribution in [0.2, 0.25) is 0 Å². The van der Waals surface area contributed by atoms with E-state index in [4.69, 9.17) is 9.47 Å². The molecule has 0 fully saturated rings. The predicted octanol–water partition coefficient (Wildman–Crippen LogP) is 4.31. The fourth-order valence-corrected chi connectivity index (χ4v) is 2.81. The number of hydrogen-bond acceptors (Lipinski definition) is 4. The van der Waals surface area contributed by atoms with E-state index in [0.29, 0.717) is 42.3 Å². The summed E-state index contributed by atoms with van der Waals surface area (Å²) >= 11 is 0. The third kappa shape index (κ3) is 6.47. The van der Waals surface area contributed by atoms with E-state index >= 15 is 0 Å². The van der Waals surface area contributed by atoms with Crippen molar-refractivity contribution in [3.05, 3.63) is 103 Å². The first-order chi connectivity index (χ1) is 15.2. The van der Waals surface area contributed by atoms with E-state index in [0.717, 1.165) is 5.75 Å². The minimum Gasteiger partial charge on any atom is -0.490 e. The van der Waals surface area contributed by atoms with Crippen LogP contribution in [0.1, 0.15) is 20.7 Å². The Balaban J connectivity index is 1.59. The minimum absolute atomic E-state index is 0.286. The first kappa shape index (κ1) is 21.6. The smallest absolute Gasteiger partial charge is 0.255 e. The summed E-state index contributed by atoms with van der Waals surface area (Å²) in [6, 6.07) is 23.2. The van der Waals surface area contributed by atoms with E-state index < -0.39 is 0 Å². The normalized spacial score (nSPS) is 10.1. The van der Waals surface area contributed by atoms with Crippen LogP contribution in [0.5, 0.6) is 11.5 Å². The van der Waals surface area contributed by atoms with Crippen molar-refractivity contribution in [2.75, 3.05) is 25.1 Å². The molecule has 0 aliphatic rings. The summed E-state index contributed by atoms with van der Waals surface area (Å²) in [7, 11) is 0. The molecule has 31 heavy (non-hydrogen) atoms. The van der Waals surface area contributed by atoms with Gasteiger partial charge in [0.15, 0.2) is 0 Å². The maximum atomic E-state index is 12.7. The van der Waals surface area contributed by atoms with Crippen LogP contribution < -0.4 is 20.1 Å². The molecule has 0 radical (unpaired) electrons. The lowest BCUT2D eigenvalue weighted by molar-refractivity contribution is 0.0959. The Bertz CT molecular complexity index is 1030. The highest BCUT2D eigenvalue weighted by atomic mass is 16.5. The molecular formula is C25H24N2O4. The molecule has 0 bridgehead atoms. The number of para-hydroxylation sites is 2. The van der Waals surface area contributed by atoms with Crippen LogP contribution >= 0.6 is 0 Å². The van der Waals surface area contributed by atoms with Crippen molar-refractivity contribution >= 4 is 17.5 Å². The molecule has 0 unspecified atom stereocenters. The first-order valence-electron chi connectivity index (χ1n) is 9.87. The highest BCUT2D eigenvalue weighted by Gasteiger charge is 2.14. The van der Waals surface area contributed by atoms with Crippen molar-refractivity contribution in [1.29, 1.82) is 0 Å². The Morgan fingerprint density at radius 2 is 1.48 bits per heavy atom. The van der Waals surface area contributed by atoms with E-state index in [1.165, 1.54) is 0 Å². The first-order valence-corrected chi connectivity index (χ1v) is 9.87. The predicted molar refractivity (Wildman–Crippen MR) is 121 cm³/mol. The quantitative estimate of drug-likeness (QED) is 0.381. The number of amides is 2. The fraction of sp³-hybridized carbons (Fsp3) is 0.120. The molecular weight excluding hydrogens is 392 g/mol. The Labute approximate surface area is 181 Å². The van der Waals surface area contributed by atoms with E-state index in [9.17, 15) is 9.59 Å². The lowest BCUT2D eigenvalue weighted by atomic mass is 10.1. The van der Waals surface area contributed by atoms with E-state index in [1.807, 2.05) is 30.3 Å². The van der Waals surface area contributed by atoms with Crippen molar-refractivity contribution < 1.29 is 19.1 Å². The molecule has 0 aliphatic carbocycles. The molecule has 2 amide bonds. The van der Waals surface area contributed by atoms with E-state index in [2.05, 4.69) is 17.2 Å². The summed E-state index contributed by atoms with van der Waals surface area (Å²) < 4.78 is 11.3. The number of anilines is 1. The average molecular weight is 416 g/mol. The Morgan fingerprint density at radius 1 is 0.806 bits per heavy atom. The molecule has 3 rings (SSSR count). The number of nitrogens with one attached hydrogen (secondary N) is 2. The molecule has 0 heterocycles. The highest BCUT2D eigenvalue weighted by Crippen LogP contribution is 2.19. The van der Waals surface area contributed by atoms with E-state index in [1.54, 1.807) is 54.6 Å². The van der Waals surface area contributed by atoms with Crippen LogP contribution in [-0.4, -0.2) is 31.6 Å². The number of benzene rings is 3. The van der Waals surface area contributed by atoms with Crippen molar-refractivity contribution in [1.82, 2.24) is 5.32 Å². The Hall–Kier alpha value is -4.06. The van der Waals surface area contributed by atoms with Gasteiger partial charge in [-0.2, -0.15) is 0 Å². The van der Waals surface area contributed by atoms with Crippen LogP contribution in [0.25, 0.3) is 0 Å². The standard InChI is InChI=1S/C25H24N2O4/c1-2-15-26-25(29)22-13-6-7-14-23(22)27-24(28)19-9-8-12-21(18-19)31-17-16-30-20-10-4-3-5-11-20/h2-14,18H,1,15-17H2,(H,26,29)(H,27,28). The SMILES string of the molecule is C=CCNC(=O)c1ccccc1NC(=O)c1cccc(OCCOc2ccccc2)c1. The van der Waals surface area contributed by atoms with Crippen molar-refractivity contribution in [3.8, 4) is 11.5 Å². The van der Waals surface area contributed by atoms with Gasteiger partial charge in [-0.15, -0.1) is 6.58 Å². The molecule has 0 spiro atoms. The molecule has 0 saturated heterocycles. The third-order valence-corrected chi connectivity index (χ3v) is 4.29. The zero-order valence-electron chi connectivity index (χ0n) is 17.0. The van der Waals surface area contributed by atoms with Crippen LogP contribution in [0.15, 0.2) is 91.5 Å². The van der Waals surface area contributed by atoms with Gasteiger partial charge in [0, 0.05) is 12.1 Å². The van der Waals surface area contributed by atoms with Gasteiger partial charge < -0.3 is 20.1 Å². The zero-order valence-corrected chi connectivity index (χ0v) is 17.0. The number of carbonyl (C=O) groups excluding carboxylic acids is 2. The second-order valence-corrected chi connectivity index (χ2v) is 6.54. The van der Waals surface area contributed by atoms with Gasteiger partial charge in [-0.1, -0.05) is 42.5 Å². The van der Waals surface area contributed by atoms with Gasteiger partial charge in [0.05, 0.1) is 11.3 Å². The monoisotopic (exact) mass is 416 g/mol. The molecule has 0 atom stereocenters. The molecule has 0 aromatic heterocycles. The van der Waals surface area contributed by atoms with Gasteiger partial charge in [-0.05, 0) is 42.5 Å². The number of hydrogen-bond donors (Lipinski definition) is 2. The van der Waals surface area contributed by atoms with Gasteiger partial charge in [0.2, 0.25) is 0 Å². The molecule has 6 heteroatoms. The van der Waals surface area contributed by atoms with Crippen molar-refractivity contribution in [2.24, 2.45) is 0 Å². The fourth-order valence-electron chi connectivity index (χ4n) is 2.81. The zero-order chi connectivity index (χ0) is 21.9. The summed E-state index contributed by atoms with van der Waals surface area (Å²) in [4.78, 5) is 25.0. The highest BCUT2D eigenvalue weighted by molar-refractivity contribution is 6.09. The largest absolute Gasteiger partial charge is 0.490 e. The maximum Gasteiger partial charge on any atom is 0.255 e. The molecule has 0 saturated carbocycles. The summed E-state index contributed by atoms with van der Waals surface area (Å²) in [6.07, 6.45) is 1.59. The van der Waals surface area contributed by atoms with Gasteiger partial charge in [-0.3, -0.25) is 9.59 Å². The Morgan fingerprint density at radius 3 is 2.26 bits per heavy atom. The molecule has 3 aromatic rings. The molecule has 3 aromatic carbocycles. The van der Waals surface area contributed by atoms with Gasteiger partial charge >= 0.3 is 0 Å². The summed E-state index contributed by atoms with van der Waals surface area (Å²) in [5, 5.41) is 5.51. The van der Waals surface area contributed by atoms with Crippen LogP contribution in [0.3, 0.4) is 0 Å².